The van der Waals surface area contributed by atoms with E-state index in [0.29, 0.717) is 5.56 Å². The van der Waals surface area contributed by atoms with Crippen molar-refractivity contribution in [2.75, 3.05) is 31.2 Å². The van der Waals surface area contributed by atoms with Crippen LogP contribution in [0.15, 0.2) is 22.7 Å². The molecule has 0 atom stereocenters. The van der Waals surface area contributed by atoms with Gasteiger partial charge in [0.05, 0.1) is 24.8 Å². The molecular formula is C11H11BrN2O. The molecule has 78 valence electrons. The molecule has 1 aliphatic rings. The quantitative estimate of drug-likeness (QED) is 0.782. The normalized spacial score (nSPS) is 16.1. The van der Waals surface area contributed by atoms with Crippen molar-refractivity contribution in [1.29, 1.82) is 5.26 Å². The first-order valence-electron chi connectivity index (χ1n) is 4.83. The van der Waals surface area contributed by atoms with Crippen molar-refractivity contribution in [3.8, 4) is 6.07 Å². The van der Waals surface area contributed by atoms with Gasteiger partial charge in [-0.25, -0.2) is 0 Å². The van der Waals surface area contributed by atoms with Crippen molar-refractivity contribution in [2.24, 2.45) is 0 Å². The number of ether oxygens (including phenoxy) is 1. The Labute approximate surface area is 97.4 Å². The summed E-state index contributed by atoms with van der Waals surface area (Å²) >= 11 is 3.41. The summed E-state index contributed by atoms with van der Waals surface area (Å²) in [4.78, 5) is 2.23. The largest absolute Gasteiger partial charge is 0.378 e. The van der Waals surface area contributed by atoms with Gasteiger partial charge in [0.2, 0.25) is 0 Å². The molecule has 0 bridgehead atoms. The maximum atomic E-state index is 8.87. The van der Waals surface area contributed by atoms with Gasteiger partial charge in [0.1, 0.15) is 0 Å². The molecule has 4 heteroatoms. The molecule has 1 heterocycles. The molecule has 0 N–H and O–H groups in total. The molecule has 15 heavy (non-hydrogen) atoms. The van der Waals surface area contributed by atoms with Crippen molar-refractivity contribution in [3.05, 3.63) is 28.2 Å². The van der Waals surface area contributed by atoms with E-state index in [1.165, 1.54) is 0 Å². The Balaban J connectivity index is 2.27. The van der Waals surface area contributed by atoms with E-state index in [2.05, 4.69) is 26.9 Å². The maximum Gasteiger partial charge on any atom is 0.0992 e. The number of anilines is 1. The monoisotopic (exact) mass is 266 g/mol. The highest BCUT2D eigenvalue weighted by Crippen LogP contribution is 2.23. The van der Waals surface area contributed by atoms with Crippen molar-refractivity contribution < 1.29 is 4.74 Å². The zero-order valence-corrected chi connectivity index (χ0v) is 9.83. The van der Waals surface area contributed by atoms with Gasteiger partial charge in [-0.1, -0.05) is 15.9 Å². The van der Waals surface area contributed by atoms with Gasteiger partial charge in [0, 0.05) is 23.2 Å². The predicted molar refractivity (Wildman–Crippen MR) is 61.9 cm³/mol. The number of halogens is 1. The first-order chi connectivity index (χ1) is 7.29. The fraction of sp³-hybridized carbons (Fsp3) is 0.364. The minimum Gasteiger partial charge on any atom is -0.378 e. The van der Waals surface area contributed by atoms with Gasteiger partial charge in [-0.2, -0.15) is 5.26 Å². The molecule has 3 nitrogen and oxygen atoms in total. The average Bonchev–Trinajstić information content (AvgIpc) is 2.29. The van der Waals surface area contributed by atoms with E-state index in [0.717, 1.165) is 36.5 Å². The minimum atomic E-state index is 0.686. The Morgan fingerprint density at radius 2 is 2.00 bits per heavy atom. The summed E-state index contributed by atoms with van der Waals surface area (Å²) in [6.45, 7) is 3.30. The van der Waals surface area contributed by atoms with E-state index in [4.69, 9.17) is 10.00 Å². The predicted octanol–water partition coefficient (Wildman–Crippen LogP) is 2.16. The fourth-order valence-electron chi connectivity index (χ4n) is 1.64. The van der Waals surface area contributed by atoms with Crippen molar-refractivity contribution in [2.45, 2.75) is 0 Å². The van der Waals surface area contributed by atoms with Crippen molar-refractivity contribution in [3.63, 3.8) is 0 Å². The van der Waals surface area contributed by atoms with Gasteiger partial charge < -0.3 is 9.64 Å². The molecule has 0 radical (unpaired) electrons. The Kier molecular flexibility index (Phi) is 3.24. The summed E-state index contributed by atoms with van der Waals surface area (Å²) < 4.78 is 6.24. The van der Waals surface area contributed by atoms with Crippen LogP contribution in [0, 0.1) is 11.3 Å². The van der Waals surface area contributed by atoms with E-state index >= 15 is 0 Å². The molecule has 0 unspecified atom stereocenters. The molecular weight excluding hydrogens is 256 g/mol. The second-order valence-corrected chi connectivity index (χ2v) is 4.33. The third-order valence-electron chi connectivity index (χ3n) is 2.39. The van der Waals surface area contributed by atoms with Crippen LogP contribution in [0.2, 0.25) is 0 Å². The molecule has 1 aromatic rings. The summed E-state index contributed by atoms with van der Waals surface area (Å²) in [5.74, 6) is 0. The van der Waals surface area contributed by atoms with Gasteiger partial charge in [-0.05, 0) is 18.2 Å². The third kappa shape index (κ3) is 2.49. The lowest BCUT2D eigenvalue weighted by Gasteiger charge is -2.29. The fourth-order valence-corrected chi connectivity index (χ4v) is 2.12. The Bertz CT molecular complexity index is 394. The molecule has 1 aliphatic heterocycles. The van der Waals surface area contributed by atoms with Crippen LogP contribution in [-0.4, -0.2) is 26.3 Å². The van der Waals surface area contributed by atoms with Crippen molar-refractivity contribution in [1.82, 2.24) is 0 Å². The number of morpholine rings is 1. The molecule has 0 amide bonds. The highest BCUT2D eigenvalue weighted by molar-refractivity contribution is 9.10. The van der Waals surface area contributed by atoms with Crippen LogP contribution in [0.4, 0.5) is 5.69 Å². The lowest BCUT2D eigenvalue weighted by Crippen LogP contribution is -2.36. The molecule has 0 saturated carbocycles. The third-order valence-corrected chi connectivity index (χ3v) is 2.85. The van der Waals surface area contributed by atoms with E-state index in [-0.39, 0.29) is 0 Å². The second kappa shape index (κ2) is 4.65. The summed E-state index contributed by atoms with van der Waals surface area (Å²) in [7, 11) is 0. The lowest BCUT2D eigenvalue weighted by molar-refractivity contribution is 0.122. The average molecular weight is 267 g/mol. The van der Waals surface area contributed by atoms with Crippen LogP contribution in [0.5, 0.6) is 0 Å². The first kappa shape index (κ1) is 10.5. The van der Waals surface area contributed by atoms with Gasteiger partial charge in [-0.15, -0.1) is 0 Å². The maximum absolute atomic E-state index is 8.87. The van der Waals surface area contributed by atoms with E-state index in [1.54, 1.807) is 0 Å². The lowest BCUT2D eigenvalue weighted by atomic mass is 10.2. The highest BCUT2D eigenvalue weighted by Gasteiger charge is 2.12. The molecule has 0 spiro atoms. The van der Waals surface area contributed by atoms with Crippen LogP contribution in [0.1, 0.15) is 5.56 Å². The number of nitrogens with zero attached hydrogens (tertiary/aromatic N) is 2. The van der Waals surface area contributed by atoms with Crippen molar-refractivity contribution >= 4 is 21.6 Å². The Morgan fingerprint density at radius 1 is 1.27 bits per heavy atom. The number of rotatable bonds is 1. The van der Waals surface area contributed by atoms with Gasteiger partial charge in [0.15, 0.2) is 0 Å². The molecule has 1 saturated heterocycles. The van der Waals surface area contributed by atoms with Crippen LogP contribution in [-0.2, 0) is 4.74 Å². The second-order valence-electron chi connectivity index (χ2n) is 3.41. The van der Waals surface area contributed by atoms with Gasteiger partial charge in [-0.3, -0.25) is 0 Å². The Morgan fingerprint density at radius 3 is 2.67 bits per heavy atom. The van der Waals surface area contributed by atoms with E-state index in [1.807, 2.05) is 18.2 Å². The van der Waals surface area contributed by atoms with Crippen LogP contribution in [0.3, 0.4) is 0 Å². The minimum absolute atomic E-state index is 0.686. The number of hydrogen-bond donors (Lipinski definition) is 0. The van der Waals surface area contributed by atoms with E-state index in [9.17, 15) is 0 Å². The SMILES string of the molecule is N#Cc1cc(Br)cc(N2CCOCC2)c1. The Hall–Kier alpha value is -1.05. The summed E-state index contributed by atoms with van der Waals surface area (Å²) in [6, 6.07) is 7.93. The number of hydrogen-bond acceptors (Lipinski definition) is 3. The molecule has 2 rings (SSSR count). The van der Waals surface area contributed by atoms with Gasteiger partial charge in [0.25, 0.3) is 0 Å². The number of benzene rings is 1. The number of nitriles is 1. The first-order valence-corrected chi connectivity index (χ1v) is 5.62. The summed E-state index contributed by atoms with van der Waals surface area (Å²) in [6.07, 6.45) is 0. The standard InChI is InChI=1S/C11H11BrN2O/c12-10-5-9(8-13)6-11(7-10)14-1-3-15-4-2-14/h5-7H,1-4H2. The van der Waals surface area contributed by atoms with E-state index < -0.39 is 0 Å². The molecule has 0 aromatic heterocycles. The van der Waals surface area contributed by atoms with Crippen LogP contribution < -0.4 is 4.90 Å². The summed E-state index contributed by atoms with van der Waals surface area (Å²) in [5.41, 5.74) is 1.77. The zero-order valence-electron chi connectivity index (χ0n) is 8.24. The molecule has 1 aromatic carbocycles. The highest BCUT2D eigenvalue weighted by atomic mass is 79.9. The van der Waals surface area contributed by atoms with Gasteiger partial charge >= 0.3 is 0 Å². The van der Waals surface area contributed by atoms with Crippen LogP contribution >= 0.6 is 15.9 Å². The molecule has 0 aliphatic carbocycles. The smallest absolute Gasteiger partial charge is 0.0992 e. The topological polar surface area (TPSA) is 36.3 Å². The van der Waals surface area contributed by atoms with Crippen LogP contribution in [0.25, 0.3) is 0 Å². The summed E-state index contributed by atoms with van der Waals surface area (Å²) in [5, 5.41) is 8.87. The molecule has 1 fully saturated rings. The zero-order chi connectivity index (χ0) is 10.7.